The SMILES string of the molecule is NCCCCc1cn(CCN2CCCC2)nn1. The predicted octanol–water partition coefficient (Wildman–Crippen LogP) is 0.655. The number of rotatable bonds is 7. The fourth-order valence-corrected chi connectivity index (χ4v) is 2.26. The normalized spacial score (nSPS) is 16.8. The average molecular weight is 237 g/mol. The molecule has 17 heavy (non-hydrogen) atoms. The Balaban J connectivity index is 1.69. The van der Waals surface area contributed by atoms with Crippen molar-refractivity contribution >= 4 is 0 Å². The van der Waals surface area contributed by atoms with E-state index in [0.717, 1.165) is 44.6 Å². The summed E-state index contributed by atoms with van der Waals surface area (Å²) in [7, 11) is 0. The zero-order valence-electron chi connectivity index (χ0n) is 10.5. The molecule has 0 aromatic carbocycles. The number of likely N-dealkylation sites (tertiary alicyclic amines) is 1. The Kier molecular flexibility index (Phi) is 4.94. The summed E-state index contributed by atoms with van der Waals surface area (Å²) in [6.45, 7) is 5.33. The molecule has 0 amide bonds. The lowest BCUT2D eigenvalue weighted by atomic mass is 10.2. The second-order valence-corrected chi connectivity index (χ2v) is 4.77. The number of unbranched alkanes of at least 4 members (excludes halogenated alkanes) is 1. The highest BCUT2D eigenvalue weighted by Gasteiger charge is 2.11. The van der Waals surface area contributed by atoms with E-state index in [2.05, 4.69) is 21.4 Å². The van der Waals surface area contributed by atoms with Crippen LogP contribution >= 0.6 is 0 Å². The smallest absolute Gasteiger partial charge is 0.0827 e. The van der Waals surface area contributed by atoms with Gasteiger partial charge in [-0.1, -0.05) is 5.21 Å². The summed E-state index contributed by atoms with van der Waals surface area (Å²) >= 11 is 0. The first kappa shape index (κ1) is 12.5. The molecule has 2 N–H and O–H groups in total. The highest BCUT2D eigenvalue weighted by molar-refractivity contribution is 4.92. The molecule has 0 atom stereocenters. The summed E-state index contributed by atoms with van der Waals surface area (Å²) in [4.78, 5) is 2.50. The number of nitrogens with two attached hydrogens (primary N) is 1. The average Bonchev–Trinajstić information content (AvgIpc) is 2.98. The Morgan fingerprint density at radius 1 is 1.18 bits per heavy atom. The summed E-state index contributed by atoms with van der Waals surface area (Å²) < 4.78 is 1.97. The van der Waals surface area contributed by atoms with Crippen LogP contribution in [0, 0.1) is 0 Å². The highest BCUT2D eigenvalue weighted by atomic mass is 15.4. The van der Waals surface area contributed by atoms with Crippen LogP contribution in [0.4, 0.5) is 0 Å². The molecule has 2 rings (SSSR count). The molecular weight excluding hydrogens is 214 g/mol. The second-order valence-electron chi connectivity index (χ2n) is 4.77. The molecular formula is C12H23N5. The lowest BCUT2D eigenvalue weighted by molar-refractivity contribution is 0.314. The molecule has 5 nitrogen and oxygen atoms in total. The van der Waals surface area contributed by atoms with Crippen LogP contribution in [0.2, 0.25) is 0 Å². The quantitative estimate of drug-likeness (QED) is 0.708. The van der Waals surface area contributed by atoms with Crippen LogP contribution in [-0.2, 0) is 13.0 Å². The van der Waals surface area contributed by atoms with E-state index in [1.54, 1.807) is 0 Å². The Hall–Kier alpha value is -0.940. The van der Waals surface area contributed by atoms with Crippen molar-refractivity contribution in [3.63, 3.8) is 0 Å². The van der Waals surface area contributed by atoms with Crippen LogP contribution in [0.3, 0.4) is 0 Å². The third kappa shape index (κ3) is 4.09. The molecule has 1 aliphatic heterocycles. The summed E-state index contributed by atoms with van der Waals surface area (Å²) in [6.07, 6.45) is 7.96. The Morgan fingerprint density at radius 3 is 2.76 bits per heavy atom. The molecule has 1 fully saturated rings. The molecule has 96 valence electrons. The van der Waals surface area contributed by atoms with Crippen LogP contribution in [0.15, 0.2) is 6.20 Å². The second kappa shape index (κ2) is 6.71. The standard InChI is InChI=1S/C12H23N5/c13-6-2-1-5-12-11-17(15-14-12)10-9-16-7-3-4-8-16/h11H,1-10,13H2. The Labute approximate surface area is 103 Å². The van der Waals surface area contributed by atoms with Crippen molar-refractivity contribution in [3.8, 4) is 0 Å². The van der Waals surface area contributed by atoms with Crippen molar-refractivity contribution in [2.24, 2.45) is 5.73 Å². The van der Waals surface area contributed by atoms with Gasteiger partial charge in [0.1, 0.15) is 0 Å². The molecule has 0 bridgehead atoms. The predicted molar refractivity (Wildman–Crippen MR) is 67.7 cm³/mol. The van der Waals surface area contributed by atoms with Gasteiger partial charge in [-0.05, 0) is 51.7 Å². The third-order valence-electron chi connectivity index (χ3n) is 3.32. The molecule has 1 aromatic heterocycles. The fourth-order valence-electron chi connectivity index (χ4n) is 2.26. The van der Waals surface area contributed by atoms with Gasteiger partial charge in [0.15, 0.2) is 0 Å². The highest BCUT2D eigenvalue weighted by Crippen LogP contribution is 2.07. The summed E-state index contributed by atoms with van der Waals surface area (Å²) in [5.41, 5.74) is 6.57. The molecule has 5 heteroatoms. The van der Waals surface area contributed by atoms with Gasteiger partial charge in [-0.15, -0.1) is 5.10 Å². The van der Waals surface area contributed by atoms with Crippen molar-refractivity contribution in [3.05, 3.63) is 11.9 Å². The van der Waals surface area contributed by atoms with E-state index in [9.17, 15) is 0 Å². The van der Waals surface area contributed by atoms with Gasteiger partial charge in [-0.3, -0.25) is 4.68 Å². The van der Waals surface area contributed by atoms with Crippen LogP contribution in [-0.4, -0.2) is 46.1 Å². The molecule has 0 aliphatic carbocycles. The van der Waals surface area contributed by atoms with Crippen molar-refractivity contribution in [2.45, 2.75) is 38.6 Å². The van der Waals surface area contributed by atoms with E-state index in [-0.39, 0.29) is 0 Å². The minimum atomic E-state index is 0.767. The van der Waals surface area contributed by atoms with Crippen molar-refractivity contribution < 1.29 is 0 Å². The van der Waals surface area contributed by atoms with Crippen LogP contribution in [0.25, 0.3) is 0 Å². The van der Waals surface area contributed by atoms with Gasteiger partial charge in [0.2, 0.25) is 0 Å². The third-order valence-corrected chi connectivity index (χ3v) is 3.32. The molecule has 0 saturated carbocycles. The van der Waals surface area contributed by atoms with Gasteiger partial charge in [0.05, 0.1) is 12.2 Å². The monoisotopic (exact) mass is 237 g/mol. The first-order valence-corrected chi connectivity index (χ1v) is 6.70. The minimum Gasteiger partial charge on any atom is -0.330 e. The van der Waals surface area contributed by atoms with Crippen molar-refractivity contribution in [2.75, 3.05) is 26.2 Å². The van der Waals surface area contributed by atoms with Gasteiger partial charge in [-0.25, -0.2) is 0 Å². The molecule has 0 radical (unpaired) electrons. The van der Waals surface area contributed by atoms with E-state index >= 15 is 0 Å². The Morgan fingerprint density at radius 2 is 2.00 bits per heavy atom. The van der Waals surface area contributed by atoms with Gasteiger partial charge in [-0.2, -0.15) is 0 Å². The maximum atomic E-state index is 5.47. The van der Waals surface area contributed by atoms with E-state index < -0.39 is 0 Å². The van der Waals surface area contributed by atoms with Crippen LogP contribution < -0.4 is 5.73 Å². The zero-order valence-corrected chi connectivity index (χ0v) is 10.5. The number of hydrogen-bond acceptors (Lipinski definition) is 4. The first-order valence-electron chi connectivity index (χ1n) is 6.70. The van der Waals surface area contributed by atoms with Crippen molar-refractivity contribution in [1.29, 1.82) is 0 Å². The Bertz CT molecular complexity index is 316. The molecule has 1 aromatic rings. The van der Waals surface area contributed by atoms with E-state index in [1.165, 1.54) is 25.9 Å². The molecule has 0 spiro atoms. The number of nitrogens with zero attached hydrogens (tertiary/aromatic N) is 4. The van der Waals surface area contributed by atoms with E-state index in [1.807, 2.05) is 4.68 Å². The zero-order chi connectivity index (χ0) is 11.9. The molecule has 0 unspecified atom stereocenters. The van der Waals surface area contributed by atoms with Crippen LogP contribution in [0.1, 0.15) is 31.4 Å². The lowest BCUT2D eigenvalue weighted by Crippen LogP contribution is -2.24. The topological polar surface area (TPSA) is 60.0 Å². The van der Waals surface area contributed by atoms with E-state index in [4.69, 9.17) is 5.73 Å². The van der Waals surface area contributed by atoms with Gasteiger partial charge in [0, 0.05) is 12.7 Å². The van der Waals surface area contributed by atoms with Crippen LogP contribution in [0.5, 0.6) is 0 Å². The minimum absolute atomic E-state index is 0.767. The maximum absolute atomic E-state index is 5.47. The van der Waals surface area contributed by atoms with E-state index in [0.29, 0.717) is 0 Å². The number of aryl methyl sites for hydroxylation is 1. The summed E-state index contributed by atoms with van der Waals surface area (Å²) in [5, 5.41) is 8.35. The maximum Gasteiger partial charge on any atom is 0.0827 e. The van der Waals surface area contributed by atoms with Gasteiger partial charge < -0.3 is 10.6 Å². The van der Waals surface area contributed by atoms with Crippen molar-refractivity contribution in [1.82, 2.24) is 19.9 Å². The summed E-state index contributed by atoms with van der Waals surface area (Å²) in [5.74, 6) is 0. The fraction of sp³-hybridized carbons (Fsp3) is 0.833. The first-order chi connectivity index (χ1) is 8.38. The molecule has 1 aliphatic rings. The number of hydrogen-bond donors (Lipinski definition) is 1. The van der Waals surface area contributed by atoms with Gasteiger partial charge >= 0.3 is 0 Å². The number of aromatic nitrogens is 3. The largest absolute Gasteiger partial charge is 0.330 e. The molecule has 1 saturated heterocycles. The molecule has 2 heterocycles. The van der Waals surface area contributed by atoms with Gasteiger partial charge in [0.25, 0.3) is 0 Å². The summed E-state index contributed by atoms with van der Waals surface area (Å²) in [6, 6.07) is 0. The lowest BCUT2D eigenvalue weighted by Gasteiger charge is -2.13.